The molecule has 2 nitrogen and oxygen atoms in total. The summed E-state index contributed by atoms with van der Waals surface area (Å²) in [5.41, 5.74) is 1.40. The summed E-state index contributed by atoms with van der Waals surface area (Å²) < 4.78 is 5.03. The number of nitrogens with zero attached hydrogens (tertiary/aromatic N) is 1. The number of pyridine rings is 1. The number of benzene rings is 1. The Labute approximate surface area is 114 Å². The monoisotopic (exact) mass is 287 g/mol. The molecule has 0 spiro atoms. The Bertz CT molecular complexity index is 537. The van der Waals surface area contributed by atoms with Gasteiger partial charge in [-0.25, -0.2) is 0 Å². The van der Waals surface area contributed by atoms with Crippen LogP contribution in [0.3, 0.4) is 0 Å². The van der Waals surface area contributed by atoms with Crippen LogP contribution in [0.15, 0.2) is 30.5 Å². The highest BCUT2D eigenvalue weighted by Crippen LogP contribution is 2.32. The summed E-state index contributed by atoms with van der Waals surface area (Å²) in [5, 5.41) is 1.57. The Morgan fingerprint density at radius 2 is 1.65 bits per heavy atom. The van der Waals surface area contributed by atoms with Gasteiger partial charge >= 0.3 is 0 Å². The molecular formula is C12H8Cl3NO. The van der Waals surface area contributed by atoms with E-state index in [4.69, 9.17) is 39.5 Å². The van der Waals surface area contributed by atoms with Gasteiger partial charge in [-0.2, -0.15) is 0 Å². The van der Waals surface area contributed by atoms with Crippen LogP contribution >= 0.6 is 34.8 Å². The molecule has 1 aromatic heterocycles. The van der Waals surface area contributed by atoms with E-state index in [1.165, 1.54) is 0 Å². The predicted molar refractivity (Wildman–Crippen MR) is 71.3 cm³/mol. The molecule has 0 saturated carbocycles. The first-order chi connectivity index (χ1) is 8.10. The summed E-state index contributed by atoms with van der Waals surface area (Å²) in [5.74, 6) is 0.604. The molecule has 0 atom stereocenters. The minimum absolute atomic E-state index is 0.489. The first-order valence-corrected chi connectivity index (χ1v) is 5.89. The standard InChI is InChI=1S/C12H8Cl3NO/c1-17-10-5-11(15)12(16-6-10)7-2-8(13)4-9(14)3-7/h2-6H,1H3. The summed E-state index contributed by atoms with van der Waals surface area (Å²) in [4.78, 5) is 4.23. The normalized spacial score (nSPS) is 10.4. The molecule has 0 amide bonds. The molecule has 2 aromatic rings. The number of hydrogen-bond acceptors (Lipinski definition) is 2. The van der Waals surface area contributed by atoms with Crippen molar-refractivity contribution in [3.05, 3.63) is 45.5 Å². The SMILES string of the molecule is COc1cnc(-c2cc(Cl)cc(Cl)c2)c(Cl)c1. The third kappa shape index (κ3) is 2.83. The number of ether oxygens (including phenoxy) is 1. The molecule has 2 rings (SSSR count). The molecule has 0 bridgehead atoms. The highest BCUT2D eigenvalue weighted by atomic mass is 35.5. The van der Waals surface area contributed by atoms with Gasteiger partial charge in [-0.1, -0.05) is 34.8 Å². The van der Waals surface area contributed by atoms with E-state index in [2.05, 4.69) is 4.98 Å². The smallest absolute Gasteiger partial charge is 0.138 e. The van der Waals surface area contributed by atoms with Crippen molar-refractivity contribution in [1.82, 2.24) is 4.98 Å². The van der Waals surface area contributed by atoms with Crippen LogP contribution in [0.4, 0.5) is 0 Å². The molecule has 0 radical (unpaired) electrons. The van der Waals surface area contributed by atoms with Crippen LogP contribution in [0.5, 0.6) is 5.75 Å². The topological polar surface area (TPSA) is 22.1 Å². The fourth-order valence-corrected chi connectivity index (χ4v) is 2.23. The zero-order valence-electron chi connectivity index (χ0n) is 8.88. The molecule has 0 aliphatic carbocycles. The molecule has 17 heavy (non-hydrogen) atoms. The van der Waals surface area contributed by atoms with E-state index in [0.717, 1.165) is 5.56 Å². The van der Waals surface area contributed by atoms with Crippen LogP contribution in [0.1, 0.15) is 0 Å². The van der Waals surface area contributed by atoms with Gasteiger partial charge in [0.2, 0.25) is 0 Å². The van der Waals surface area contributed by atoms with Gasteiger partial charge in [0.15, 0.2) is 0 Å². The van der Waals surface area contributed by atoms with Gasteiger partial charge in [0.1, 0.15) is 5.75 Å². The van der Waals surface area contributed by atoms with Gasteiger partial charge in [0.25, 0.3) is 0 Å². The molecule has 0 aliphatic heterocycles. The molecule has 5 heteroatoms. The fraction of sp³-hybridized carbons (Fsp3) is 0.0833. The third-order valence-electron chi connectivity index (χ3n) is 2.19. The Morgan fingerprint density at radius 3 is 2.18 bits per heavy atom. The quantitative estimate of drug-likeness (QED) is 0.798. The largest absolute Gasteiger partial charge is 0.495 e. The van der Waals surface area contributed by atoms with Crippen LogP contribution in [0.25, 0.3) is 11.3 Å². The average Bonchev–Trinajstić information content (AvgIpc) is 2.27. The van der Waals surface area contributed by atoms with Crippen LogP contribution in [0, 0.1) is 0 Å². The zero-order chi connectivity index (χ0) is 12.4. The van der Waals surface area contributed by atoms with E-state index in [9.17, 15) is 0 Å². The van der Waals surface area contributed by atoms with Crippen molar-refractivity contribution >= 4 is 34.8 Å². The Balaban J connectivity index is 2.52. The Kier molecular flexibility index (Phi) is 3.77. The van der Waals surface area contributed by atoms with Crippen LogP contribution in [-0.2, 0) is 0 Å². The van der Waals surface area contributed by atoms with E-state index < -0.39 is 0 Å². The maximum Gasteiger partial charge on any atom is 0.138 e. The molecule has 1 aromatic carbocycles. The van der Waals surface area contributed by atoms with Crippen molar-refractivity contribution in [2.24, 2.45) is 0 Å². The molecule has 88 valence electrons. The summed E-state index contributed by atoms with van der Waals surface area (Å²) in [6.07, 6.45) is 1.59. The number of halogens is 3. The molecule has 0 saturated heterocycles. The van der Waals surface area contributed by atoms with Crippen LogP contribution in [0.2, 0.25) is 15.1 Å². The van der Waals surface area contributed by atoms with Crippen LogP contribution in [-0.4, -0.2) is 12.1 Å². The molecule has 0 fully saturated rings. The molecule has 1 heterocycles. The van der Waals surface area contributed by atoms with Gasteiger partial charge < -0.3 is 4.74 Å². The molecule has 0 N–H and O–H groups in total. The summed E-state index contributed by atoms with van der Waals surface area (Å²) in [7, 11) is 1.56. The molecule has 0 unspecified atom stereocenters. The first kappa shape index (κ1) is 12.5. The van der Waals surface area contributed by atoms with Crippen molar-refractivity contribution < 1.29 is 4.74 Å². The van der Waals surface area contributed by atoms with Crippen molar-refractivity contribution in [3.8, 4) is 17.0 Å². The second kappa shape index (κ2) is 5.13. The summed E-state index contributed by atoms with van der Waals surface area (Å²) in [6.45, 7) is 0. The van der Waals surface area contributed by atoms with Gasteiger partial charge in [-0.3, -0.25) is 4.98 Å². The van der Waals surface area contributed by atoms with E-state index in [1.54, 1.807) is 37.6 Å². The van der Waals surface area contributed by atoms with Gasteiger partial charge in [0.05, 0.1) is 24.0 Å². The lowest BCUT2D eigenvalue weighted by Crippen LogP contribution is -1.89. The summed E-state index contributed by atoms with van der Waals surface area (Å²) in [6, 6.07) is 6.87. The Morgan fingerprint density at radius 1 is 1.00 bits per heavy atom. The summed E-state index contributed by atoms with van der Waals surface area (Å²) >= 11 is 18.0. The highest BCUT2D eigenvalue weighted by Gasteiger charge is 2.08. The maximum absolute atomic E-state index is 6.12. The maximum atomic E-state index is 6.12. The lowest BCUT2D eigenvalue weighted by atomic mass is 10.1. The number of hydrogen-bond donors (Lipinski definition) is 0. The van der Waals surface area contributed by atoms with E-state index >= 15 is 0 Å². The lowest BCUT2D eigenvalue weighted by Gasteiger charge is -2.06. The minimum atomic E-state index is 0.489. The lowest BCUT2D eigenvalue weighted by molar-refractivity contribution is 0.413. The number of rotatable bonds is 2. The highest BCUT2D eigenvalue weighted by molar-refractivity contribution is 6.36. The third-order valence-corrected chi connectivity index (χ3v) is 2.91. The van der Waals surface area contributed by atoms with Gasteiger partial charge in [0, 0.05) is 21.7 Å². The van der Waals surface area contributed by atoms with Crippen molar-refractivity contribution in [1.29, 1.82) is 0 Å². The number of aromatic nitrogens is 1. The van der Waals surface area contributed by atoms with E-state index in [-0.39, 0.29) is 0 Å². The minimum Gasteiger partial charge on any atom is -0.495 e. The first-order valence-electron chi connectivity index (χ1n) is 4.76. The fourth-order valence-electron chi connectivity index (χ4n) is 1.43. The van der Waals surface area contributed by atoms with Gasteiger partial charge in [-0.05, 0) is 18.2 Å². The average molecular weight is 289 g/mol. The van der Waals surface area contributed by atoms with Crippen molar-refractivity contribution in [2.45, 2.75) is 0 Å². The van der Waals surface area contributed by atoms with Crippen molar-refractivity contribution in [2.75, 3.05) is 7.11 Å². The second-order valence-electron chi connectivity index (χ2n) is 3.36. The second-order valence-corrected chi connectivity index (χ2v) is 4.64. The predicted octanol–water partition coefficient (Wildman–Crippen LogP) is 4.72. The molecule has 0 aliphatic rings. The number of methoxy groups -OCH3 is 1. The zero-order valence-corrected chi connectivity index (χ0v) is 11.1. The molecular weight excluding hydrogens is 280 g/mol. The van der Waals surface area contributed by atoms with Crippen molar-refractivity contribution in [3.63, 3.8) is 0 Å². The van der Waals surface area contributed by atoms with E-state index in [1.807, 2.05) is 0 Å². The Hall–Kier alpha value is -0.960. The van der Waals surface area contributed by atoms with Gasteiger partial charge in [-0.15, -0.1) is 0 Å². The van der Waals surface area contributed by atoms with Crippen LogP contribution < -0.4 is 4.74 Å². The van der Waals surface area contributed by atoms with E-state index in [0.29, 0.717) is 26.5 Å².